The maximum Gasteiger partial charge on any atom is 0.270 e. The number of ketones is 1. The van der Waals surface area contributed by atoms with Gasteiger partial charge in [-0.2, -0.15) is 0 Å². The van der Waals surface area contributed by atoms with Crippen molar-refractivity contribution in [2.75, 3.05) is 12.5 Å². The number of hydrogen-bond donors (Lipinski definition) is 1. The average Bonchev–Trinajstić information content (AvgIpc) is 2.99. The van der Waals surface area contributed by atoms with Crippen LogP contribution in [0.4, 0.5) is 11.4 Å². The number of nitro groups is 1. The van der Waals surface area contributed by atoms with E-state index in [2.05, 4.69) is 0 Å². The Morgan fingerprint density at radius 2 is 1.96 bits per heavy atom. The van der Waals surface area contributed by atoms with Crippen LogP contribution >= 0.6 is 0 Å². The number of nitrogens with zero attached hydrogens (tertiary/aromatic N) is 1. The number of ether oxygens (including phenoxy) is 2. The van der Waals surface area contributed by atoms with Crippen molar-refractivity contribution in [3.05, 3.63) is 63.7 Å². The topological polar surface area (TPSA) is 105 Å². The van der Waals surface area contributed by atoms with Crippen LogP contribution in [0.2, 0.25) is 0 Å². The fraction of sp³-hybridized carbons (Fsp3) is 0.0625. The summed E-state index contributed by atoms with van der Waals surface area (Å²) in [6, 6.07) is 9.05. The molecule has 0 radical (unpaired) electrons. The van der Waals surface area contributed by atoms with Crippen molar-refractivity contribution in [2.24, 2.45) is 0 Å². The Kier molecular flexibility index (Phi) is 3.68. The van der Waals surface area contributed by atoms with Gasteiger partial charge in [0.2, 0.25) is 6.79 Å². The molecule has 3 rings (SSSR count). The summed E-state index contributed by atoms with van der Waals surface area (Å²) < 4.78 is 10.4. The van der Waals surface area contributed by atoms with Crippen LogP contribution in [0.3, 0.4) is 0 Å². The first-order valence-corrected chi connectivity index (χ1v) is 6.70. The Balaban J connectivity index is 1.84. The summed E-state index contributed by atoms with van der Waals surface area (Å²) in [5, 5.41) is 10.7. The minimum atomic E-state index is -0.491. The molecule has 0 fully saturated rings. The number of nitro benzene ring substituents is 1. The molecule has 0 spiro atoms. The number of rotatable bonds is 4. The van der Waals surface area contributed by atoms with Gasteiger partial charge in [-0.05, 0) is 17.7 Å². The van der Waals surface area contributed by atoms with Crippen LogP contribution in [0, 0.1) is 10.1 Å². The van der Waals surface area contributed by atoms with Gasteiger partial charge >= 0.3 is 0 Å². The first kappa shape index (κ1) is 14.6. The van der Waals surface area contributed by atoms with E-state index >= 15 is 0 Å². The van der Waals surface area contributed by atoms with Gasteiger partial charge in [-0.15, -0.1) is 0 Å². The summed E-state index contributed by atoms with van der Waals surface area (Å²) in [7, 11) is 0. The third-order valence-corrected chi connectivity index (χ3v) is 3.32. The number of non-ortho nitro benzene ring substituents is 1. The highest BCUT2D eigenvalue weighted by atomic mass is 16.7. The Labute approximate surface area is 131 Å². The molecule has 1 aliphatic heterocycles. The van der Waals surface area contributed by atoms with Gasteiger partial charge in [-0.1, -0.05) is 18.2 Å². The lowest BCUT2D eigenvalue weighted by molar-refractivity contribution is -0.384. The number of carbonyl (C=O) groups excluding carboxylic acids is 1. The van der Waals surface area contributed by atoms with Crippen molar-refractivity contribution in [3.8, 4) is 11.5 Å². The third-order valence-electron chi connectivity index (χ3n) is 3.32. The van der Waals surface area contributed by atoms with Crippen molar-refractivity contribution in [1.29, 1.82) is 0 Å². The number of hydrogen-bond acceptors (Lipinski definition) is 6. The molecular weight excluding hydrogens is 300 g/mol. The van der Waals surface area contributed by atoms with Crippen molar-refractivity contribution >= 4 is 23.2 Å². The molecule has 7 heteroatoms. The first-order chi connectivity index (χ1) is 11.0. The van der Waals surface area contributed by atoms with Crippen LogP contribution in [-0.4, -0.2) is 17.5 Å². The molecule has 0 saturated carbocycles. The maximum absolute atomic E-state index is 12.3. The van der Waals surface area contributed by atoms with Gasteiger partial charge in [-0.3, -0.25) is 14.9 Å². The molecule has 0 bridgehead atoms. The molecule has 0 unspecified atom stereocenters. The Morgan fingerprint density at radius 3 is 2.70 bits per heavy atom. The molecular formula is C16H12N2O5. The zero-order chi connectivity index (χ0) is 16.4. The molecule has 2 N–H and O–H groups in total. The van der Waals surface area contributed by atoms with E-state index in [0.29, 0.717) is 17.1 Å². The lowest BCUT2D eigenvalue weighted by atomic mass is 10.1. The van der Waals surface area contributed by atoms with Crippen molar-refractivity contribution in [2.45, 2.75) is 0 Å². The second-order valence-corrected chi connectivity index (χ2v) is 4.84. The minimum absolute atomic E-state index is 0.0396. The number of allylic oxidation sites excluding steroid dienone is 1. The Hall–Kier alpha value is -3.35. The van der Waals surface area contributed by atoms with Gasteiger partial charge in [-0.25, -0.2) is 0 Å². The second kappa shape index (κ2) is 5.80. The molecule has 1 heterocycles. The summed E-state index contributed by atoms with van der Waals surface area (Å²) in [4.78, 5) is 22.5. The van der Waals surface area contributed by atoms with E-state index < -0.39 is 4.92 Å². The number of anilines is 1. The van der Waals surface area contributed by atoms with E-state index in [0.717, 1.165) is 0 Å². The van der Waals surface area contributed by atoms with Gasteiger partial charge in [0.05, 0.1) is 4.92 Å². The number of fused-ring (bicyclic) bond motifs is 1. The van der Waals surface area contributed by atoms with Gasteiger partial charge in [0.1, 0.15) is 0 Å². The lowest BCUT2D eigenvalue weighted by Crippen LogP contribution is -2.00. The van der Waals surface area contributed by atoms with Crippen LogP contribution in [-0.2, 0) is 0 Å². The molecule has 23 heavy (non-hydrogen) atoms. The van der Waals surface area contributed by atoms with Gasteiger partial charge in [0.15, 0.2) is 17.3 Å². The summed E-state index contributed by atoms with van der Waals surface area (Å²) in [5.41, 5.74) is 6.92. The molecule has 1 aliphatic rings. The van der Waals surface area contributed by atoms with Crippen molar-refractivity contribution in [3.63, 3.8) is 0 Å². The zero-order valence-electron chi connectivity index (χ0n) is 11.9. The Bertz CT molecular complexity index is 829. The molecule has 2 aromatic carbocycles. The van der Waals surface area contributed by atoms with E-state index in [4.69, 9.17) is 15.2 Å². The molecule has 0 atom stereocenters. The predicted molar refractivity (Wildman–Crippen MR) is 83.4 cm³/mol. The van der Waals surface area contributed by atoms with Gasteiger partial charge < -0.3 is 15.2 Å². The average molecular weight is 312 g/mol. The SMILES string of the molecule is Nc1cc2c(cc1C(=O)C=Cc1cccc([N+](=O)[O-])c1)OCO2. The van der Waals surface area contributed by atoms with E-state index in [1.54, 1.807) is 12.1 Å². The monoisotopic (exact) mass is 312 g/mol. The standard InChI is InChI=1S/C16H12N2O5/c17-13-8-16-15(22-9-23-16)7-12(13)14(19)5-4-10-2-1-3-11(6-10)18(20)21/h1-8H,9,17H2. The van der Waals surface area contributed by atoms with Gasteiger partial charge in [0.25, 0.3) is 5.69 Å². The summed E-state index contributed by atoms with van der Waals surface area (Å²) in [5.74, 6) is 0.639. The maximum atomic E-state index is 12.3. The number of benzene rings is 2. The van der Waals surface area contributed by atoms with Crippen LogP contribution in [0.15, 0.2) is 42.5 Å². The first-order valence-electron chi connectivity index (χ1n) is 6.70. The van der Waals surface area contributed by atoms with Crippen LogP contribution in [0.5, 0.6) is 11.5 Å². The normalized spacial score (nSPS) is 12.5. The van der Waals surface area contributed by atoms with Crippen LogP contribution in [0.25, 0.3) is 6.08 Å². The highest BCUT2D eigenvalue weighted by molar-refractivity contribution is 6.10. The highest BCUT2D eigenvalue weighted by Gasteiger charge is 2.18. The lowest BCUT2D eigenvalue weighted by Gasteiger charge is -2.04. The molecule has 0 saturated heterocycles. The highest BCUT2D eigenvalue weighted by Crippen LogP contribution is 2.36. The quantitative estimate of drug-likeness (QED) is 0.306. The van der Waals surface area contributed by atoms with Crippen LogP contribution < -0.4 is 15.2 Å². The largest absolute Gasteiger partial charge is 0.454 e. The van der Waals surface area contributed by atoms with Crippen molar-refractivity contribution < 1.29 is 19.2 Å². The molecule has 2 aromatic rings. The van der Waals surface area contributed by atoms with Crippen LogP contribution in [0.1, 0.15) is 15.9 Å². The zero-order valence-corrected chi connectivity index (χ0v) is 11.9. The predicted octanol–water partition coefficient (Wildman–Crippen LogP) is 2.80. The summed E-state index contributed by atoms with van der Waals surface area (Å²) in [6.45, 7) is 0.0932. The summed E-state index contributed by atoms with van der Waals surface area (Å²) in [6.07, 6.45) is 2.81. The fourth-order valence-electron chi connectivity index (χ4n) is 2.17. The summed E-state index contributed by atoms with van der Waals surface area (Å²) >= 11 is 0. The third kappa shape index (κ3) is 2.98. The molecule has 0 aromatic heterocycles. The molecule has 0 aliphatic carbocycles. The van der Waals surface area contributed by atoms with Crippen molar-refractivity contribution in [1.82, 2.24) is 0 Å². The number of carbonyl (C=O) groups is 1. The second-order valence-electron chi connectivity index (χ2n) is 4.84. The van der Waals surface area contributed by atoms with Gasteiger partial charge in [0, 0.05) is 29.4 Å². The molecule has 7 nitrogen and oxygen atoms in total. The van der Waals surface area contributed by atoms with E-state index in [1.165, 1.54) is 36.4 Å². The van der Waals surface area contributed by atoms with E-state index in [9.17, 15) is 14.9 Å². The number of nitrogen functional groups attached to an aromatic ring is 1. The molecule has 0 amide bonds. The van der Waals surface area contributed by atoms with E-state index in [-0.39, 0.29) is 29.5 Å². The Morgan fingerprint density at radius 1 is 1.22 bits per heavy atom. The van der Waals surface area contributed by atoms with E-state index in [1.807, 2.05) is 0 Å². The number of nitrogens with two attached hydrogens (primary N) is 1. The minimum Gasteiger partial charge on any atom is -0.454 e. The smallest absolute Gasteiger partial charge is 0.270 e. The molecule has 116 valence electrons. The fourth-order valence-corrected chi connectivity index (χ4v) is 2.17.